The number of hydrogen-bond acceptors (Lipinski definition) is 1. The van der Waals surface area contributed by atoms with Crippen molar-refractivity contribution in [2.75, 3.05) is 5.33 Å². The van der Waals surface area contributed by atoms with Gasteiger partial charge in [-0.3, -0.25) is 4.79 Å². The van der Waals surface area contributed by atoms with Crippen LogP contribution in [0.25, 0.3) is 0 Å². The Morgan fingerprint density at radius 2 is 2.06 bits per heavy atom. The van der Waals surface area contributed by atoms with Crippen LogP contribution in [-0.2, 0) is 0 Å². The van der Waals surface area contributed by atoms with E-state index in [4.69, 9.17) is 0 Å². The van der Waals surface area contributed by atoms with Crippen LogP contribution in [0.15, 0.2) is 27.1 Å². The minimum Gasteiger partial charge on any atom is -0.346 e. The SMILES string of the molecule is O=C(NC1(CBr)CC1)c1cc(Br)ccc1Br. The first kappa shape index (κ1) is 12.6. The maximum absolute atomic E-state index is 12.0. The van der Waals surface area contributed by atoms with E-state index in [1.807, 2.05) is 18.2 Å². The summed E-state index contributed by atoms with van der Waals surface area (Å²) in [6.45, 7) is 0. The zero-order valence-electron chi connectivity index (χ0n) is 8.40. The maximum Gasteiger partial charge on any atom is 0.252 e. The van der Waals surface area contributed by atoms with Crippen molar-refractivity contribution in [1.29, 1.82) is 0 Å². The van der Waals surface area contributed by atoms with E-state index in [0.717, 1.165) is 27.1 Å². The van der Waals surface area contributed by atoms with Crippen LogP contribution in [0.2, 0.25) is 0 Å². The number of rotatable bonds is 3. The number of nitrogens with one attached hydrogen (secondary N) is 1. The standard InChI is InChI=1S/C11H10Br3NO/c12-6-11(3-4-11)15-10(16)8-5-7(13)1-2-9(8)14/h1-2,5H,3-4,6H2,(H,15,16). The smallest absolute Gasteiger partial charge is 0.252 e. The minimum atomic E-state index is -0.0230. The second-order valence-corrected chi connectivity index (χ2v) is 6.32. The van der Waals surface area contributed by atoms with Crippen LogP contribution in [-0.4, -0.2) is 16.8 Å². The van der Waals surface area contributed by atoms with Crippen molar-refractivity contribution in [1.82, 2.24) is 5.32 Å². The molecule has 0 spiro atoms. The Labute approximate surface area is 120 Å². The number of carbonyl (C=O) groups excluding carboxylic acids is 1. The zero-order valence-corrected chi connectivity index (χ0v) is 13.2. The van der Waals surface area contributed by atoms with Gasteiger partial charge in [-0.05, 0) is 47.0 Å². The minimum absolute atomic E-state index is 0.0150. The van der Waals surface area contributed by atoms with Crippen LogP contribution in [0.1, 0.15) is 23.2 Å². The van der Waals surface area contributed by atoms with Gasteiger partial charge in [0, 0.05) is 14.3 Å². The highest BCUT2D eigenvalue weighted by atomic mass is 79.9. The first-order valence-corrected chi connectivity index (χ1v) is 7.61. The van der Waals surface area contributed by atoms with Crippen molar-refractivity contribution in [3.8, 4) is 0 Å². The molecule has 0 radical (unpaired) electrons. The second-order valence-electron chi connectivity index (χ2n) is 3.99. The quantitative estimate of drug-likeness (QED) is 0.752. The van der Waals surface area contributed by atoms with Crippen LogP contribution >= 0.6 is 47.8 Å². The molecule has 1 aliphatic rings. The summed E-state index contributed by atoms with van der Waals surface area (Å²) in [5, 5.41) is 3.88. The average Bonchev–Trinajstić information content (AvgIpc) is 3.02. The molecule has 1 fully saturated rings. The van der Waals surface area contributed by atoms with E-state index in [1.54, 1.807) is 0 Å². The topological polar surface area (TPSA) is 29.1 Å². The van der Waals surface area contributed by atoms with E-state index in [2.05, 4.69) is 53.1 Å². The number of hydrogen-bond donors (Lipinski definition) is 1. The highest BCUT2D eigenvalue weighted by molar-refractivity contribution is 9.11. The lowest BCUT2D eigenvalue weighted by molar-refractivity contribution is 0.0935. The molecular weight excluding hydrogens is 402 g/mol. The van der Waals surface area contributed by atoms with Crippen molar-refractivity contribution < 1.29 is 4.79 Å². The fourth-order valence-corrected chi connectivity index (χ4v) is 2.91. The summed E-state index contributed by atoms with van der Waals surface area (Å²) in [6.07, 6.45) is 2.10. The first-order chi connectivity index (χ1) is 7.56. The normalized spacial score (nSPS) is 16.9. The van der Waals surface area contributed by atoms with Gasteiger partial charge < -0.3 is 5.32 Å². The van der Waals surface area contributed by atoms with Gasteiger partial charge in [0.25, 0.3) is 5.91 Å². The van der Waals surface area contributed by atoms with E-state index in [1.165, 1.54) is 0 Å². The predicted octanol–water partition coefficient (Wildman–Crippen LogP) is 3.87. The molecule has 0 atom stereocenters. The summed E-state index contributed by atoms with van der Waals surface area (Å²) in [6, 6.07) is 5.59. The first-order valence-electron chi connectivity index (χ1n) is 4.90. The summed E-state index contributed by atoms with van der Waals surface area (Å²) < 4.78 is 1.73. The van der Waals surface area contributed by atoms with E-state index in [-0.39, 0.29) is 11.4 Å². The zero-order chi connectivity index (χ0) is 11.8. The van der Waals surface area contributed by atoms with Crippen molar-refractivity contribution in [3.05, 3.63) is 32.7 Å². The summed E-state index contributed by atoms with van der Waals surface area (Å²) in [4.78, 5) is 12.0. The summed E-state index contributed by atoms with van der Waals surface area (Å²) >= 11 is 10.2. The second kappa shape index (κ2) is 4.78. The Balaban J connectivity index is 2.17. The summed E-state index contributed by atoms with van der Waals surface area (Å²) in [5.74, 6) is -0.0230. The van der Waals surface area contributed by atoms with Crippen LogP contribution in [0.4, 0.5) is 0 Å². The Morgan fingerprint density at radius 1 is 1.38 bits per heavy atom. The van der Waals surface area contributed by atoms with Gasteiger partial charge in [-0.2, -0.15) is 0 Å². The van der Waals surface area contributed by atoms with Gasteiger partial charge in [0.05, 0.1) is 11.1 Å². The van der Waals surface area contributed by atoms with Gasteiger partial charge in [-0.15, -0.1) is 0 Å². The van der Waals surface area contributed by atoms with Crippen molar-refractivity contribution in [2.24, 2.45) is 0 Å². The molecule has 1 aromatic carbocycles. The Morgan fingerprint density at radius 3 is 2.62 bits per heavy atom. The maximum atomic E-state index is 12.0. The van der Waals surface area contributed by atoms with Crippen molar-refractivity contribution in [2.45, 2.75) is 18.4 Å². The van der Waals surface area contributed by atoms with Crippen LogP contribution in [0.5, 0.6) is 0 Å². The lowest BCUT2D eigenvalue weighted by atomic mass is 10.2. The Hall–Kier alpha value is 0.130. The average molecular weight is 412 g/mol. The lowest BCUT2D eigenvalue weighted by Gasteiger charge is -2.15. The molecule has 2 nitrogen and oxygen atoms in total. The highest BCUT2D eigenvalue weighted by Gasteiger charge is 2.43. The van der Waals surface area contributed by atoms with Gasteiger partial charge in [-0.25, -0.2) is 0 Å². The monoisotopic (exact) mass is 409 g/mol. The molecule has 1 saturated carbocycles. The number of alkyl halides is 1. The fraction of sp³-hybridized carbons (Fsp3) is 0.364. The molecule has 0 aliphatic heterocycles. The molecule has 0 saturated heterocycles. The van der Waals surface area contributed by atoms with Crippen LogP contribution in [0.3, 0.4) is 0 Å². The van der Waals surface area contributed by atoms with Gasteiger partial charge in [0.2, 0.25) is 0 Å². The fourth-order valence-electron chi connectivity index (χ4n) is 1.42. The van der Waals surface area contributed by atoms with Crippen LogP contribution in [0, 0.1) is 0 Å². The summed E-state index contributed by atoms with van der Waals surface area (Å²) in [5.41, 5.74) is 0.653. The molecule has 1 amide bonds. The number of amides is 1. The third-order valence-corrected chi connectivity index (χ3v) is 4.92. The van der Waals surface area contributed by atoms with Gasteiger partial charge in [0.15, 0.2) is 0 Å². The van der Waals surface area contributed by atoms with Gasteiger partial charge >= 0.3 is 0 Å². The number of halogens is 3. The van der Waals surface area contributed by atoms with Crippen molar-refractivity contribution >= 4 is 53.7 Å². The number of carbonyl (C=O) groups is 1. The molecular formula is C11H10Br3NO. The largest absolute Gasteiger partial charge is 0.346 e. The Kier molecular flexibility index (Phi) is 3.76. The van der Waals surface area contributed by atoms with Crippen LogP contribution < -0.4 is 5.32 Å². The molecule has 0 bridgehead atoms. The molecule has 1 aliphatic carbocycles. The molecule has 0 heterocycles. The van der Waals surface area contributed by atoms with Crippen molar-refractivity contribution in [3.63, 3.8) is 0 Å². The lowest BCUT2D eigenvalue weighted by Crippen LogP contribution is -2.38. The predicted molar refractivity (Wildman–Crippen MR) is 75.1 cm³/mol. The summed E-state index contributed by atoms with van der Waals surface area (Å²) in [7, 11) is 0. The molecule has 0 unspecified atom stereocenters. The van der Waals surface area contributed by atoms with E-state index >= 15 is 0 Å². The van der Waals surface area contributed by atoms with Gasteiger partial charge in [0.1, 0.15) is 0 Å². The van der Waals surface area contributed by atoms with Gasteiger partial charge in [-0.1, -0.05) is 31.9 Å². The molecule has 86 valence electrons. The number of benzene rings is 1. The van der Waals surface area contributed by atoms with E-state index in [9.17, 15) is 4.79 Å². The molecule has 1 aromatic rings. The molecule has 2 rings (SSSR count). The molecule has 5 heteroatoms. The Bertz CT molecular complexity index is 429. The molecule has 1 N–H and O–H groups in total. The highest BCUT2D eigenvalue weighted by Crippen LogP contribution is 2.37. The molecule has 16 heavy (non-hydrogen) atoms. The third kappa shape index (κ3) is 2.68. The molecule has 0 aromatic heterocycles. The van der Waals surface area contributed by atoms with E-state index < -0.39 is 0 Å². The third-order valence-electron chi connectivity index (χ3n) is 2.66. The van der Waals surface area contributed by atoms with E-state index in [0.29, 0.717) is 5.56 Å².